The summed E-state index contributed by atoms with van der Waals surface area (Å²) in [6, 6.07) is 5.52. The molecule has 0 aliphatic heterocycles. The first-order valence-electron chi connectivity index (χ1n) is 8.47. The van der Waals surface area contributed by atoms with Gasteiger partial charge in [0.2, 0.25) is 0 Å². The fourth-order valence-electron chi connectivity index (χ4n) is 2.83. The minimum absolute atomic E-state index is 0.108. The number of hydrogen-bond acceptors (Lipinski definition) is 6. The summed E-state index contributed by atoms with van der Waals surface area (Å²) in [6.07, 6.45) is 1.26. The third-order valence-electron chi connectivity index (χ3n) is 3.96. The Balaban J connectivity index is 2.43. The fourth-order valence-corrected chi connectivity index (χ4v) is 2.83. The minimum Gasteiger partial charge on any atom is -0.469 e. The van der Waals surface area contributed by atoms with Gasteiger partial charge in [0.05, 0.1) is 13.7 Å². The average Bonchev–Trinajstić information content (AvgIpc) is 2.99. The molecule has 0 spiro atoms. The molecule has 0 bridgehead atoms. The maximum absolute atomic E-state index is 12.3. The van der Waals surface area contributed by atoms with Gasteiger partial charge < -0.3 is 19.2 Å². The first-order valence-corrected chi connectivity index (χ1v) is 8.47. The number of H-pyrrole nitrogens is 1. The van der Waals surface area contributed by atoms with Crippen molar-refractivity contribution in [2.24, 2.45) is 0 Å². The highest BCUT2D eigenvalue weighted by atomic mass is 16.5. The van der Waals surface area contributed by atoms with E-state index in [9.17, 15) is 14.4 Å². The lowest BCUT2D eigenvalue weighted by molar-refractivity contribution is -0.142. The number of benzene rings is 1. The van der Waals surface area contributed by atoms with Crippen molar-refractivity contribution in [3.8, 4) is 0 Å². The number of aryl methyl sites for hydroxylation is 1. The van der Waals surface area contributed by atoms with Crippen molar-refractivity contribution in [3.05, 3.63) is 35.0 Å². The molecule has 7 nitrogen and oxygen atoms in total. The predicted octanol–water partition coefficient (Wildman–Crippen LogP) is 2.90. The fraction of sp³-hybridized carbons (Fsp3) is 0.421. The van der Waals surface area contributed by atoms with E-state index in [4.69, 9.17) is 9.47 Å². The monoisotopic (exact) mass is 361 g/mol. The Bertz CT molecular complexity index is 808. The Morgan fingerprint density at radius 1 is 1.15 bits per heavy atom. The largest absolute Gasteiger partial charge is 0.469 e. The van der Waals surface area contributed by atoms with Crippen molar-refractivity contribution in [1.82, 2.24) is 4.98 Å². The van der Waals surface area contributed by atoms with E-state index in [-0.39, 0.29) is 31.6 Å². The molecule has 26 heavy (non-hydrogen) atoms. The van der Waals surface area contributed by atoms with Crippen molar-refractivity contribution in [2.75, 3.05) is 13.7 Å². The van der Waals surface area contributed by atoms with Crippen LogP contribution in [-0.4, -0.2) is 36.6 Å². The zero-order chi connectivity index (χ0) is 19.1. The average molecular weight is 361 g/mol. The lowest BCUT2D eigenvalue weighted by atomic mass is 10.0. The zero-order valence-electron chi connectivity index (χ0n) is 15.2. The van der Waals surface area contributed by atoms with E-state index in [0.717, 1.165) is 22.0 Å². The summed E-state index contributed by atoms with van der Waals surface area (Å²) in [5.74, 6) is -1.13. The Labute approximate surface area is 151 Å². The number of ether oxygens (including phenoxy) is 3. The number of rotatable bonds is 8. The zero-order valence-corrected chi connectivity index (χ0v) is 15.2. The van der Waals surface area contributed by atoms with E-state index in [1.807, 2.05) is 18.2 Å². The molecule has 1 aromatic heterocycles. The van der Waals surface area contributed by atoms with Crippen LogP contribution in [0.15, 0.2) is 18.2 Å². The molecule has 2 rings (SSSR count). The first kappa shape index (κ1) is 19.5. The molecule has 1 N–H and O–H groups in total. The molecule has 0 aliphatic rings. The first-order chi connectivity index (χ1) is 12.5. The Morgan fingerprint density at radius 3 is 2.58 bits per heavy atom. The summed E-state index contributed by atoms with van der Waals surface area (Å²) in [7, 11) is 1.34. The summed E-state index contributed by atoms with van der Waals surface area (Å²) >= 11 is 0. The topological polar surface area (TPSA) is 94.7 Å². The molecule has 0 radical (unpaired) electrons. The second-order valence-electron chi connectivity index (χ2n) is 5.75. The molecule has 0 fully saturated rings. The molecule has 0 aliphatic carbocycles. The van der Waals surface area contributed by atoms with Crippen molar-refractivity contribution < 1.29 is 28.6 Å². The lowest BCUT2D eigenvalue weighted by Gasteiger charge is -2.08. The van der Waals surface area contributed by atoms with Crippen LogP contribution in [0.4, 0.5) is 0 Å². The van der Waals surface area contributed by atoms with E-state index < -0.39 is 5.97 Å². The number of nitrogens with one attached hydrogen (secondary N) is 1. The summed E-state index contributed by atoms with van der Waals surface area (Å²) in [5, 5.41) is 0.821. The maximum atomic E-state index is 12.3. The third-order valence-corrected chi connectivity index (χ3v) is 3.96. The number of carbonyl (C=O) groups is 3. The summed E-state index contributed by atoms with van der Waals surface area (Å²) in [4.78, 5) is 38.0. The van der Waals surface area contributed by atoms with E-state index >= 15 is 0 Å². The van der Waals surface area contributed by atoms with Gasteiger partial charge in [-0.15, -0.1) is 0 Å². The third kappa shape index (κ3) is 4.62. The van der Waals surface area contributed by atoms with E-state index in [1.54, 1.807) is 6.92 Å². The van der Waals surface area contributed by atoms with Crippen molar-refractivity contribution in [1.29, 1.82) is 0 Å². The molecule has 0 amide bonds. The highest BCUT2D eigenvalue weighted by molar-refractivity contribution is 5.99. The van der Waals surface area contributed by atoms with E-state index in [2.05, 4.69) is 9.72 Å². The Kier molecular flexibility index (Phi) is 6.77. The van der Waals surface area contributed by atoms with Gasteiger partial charge in [-0.3, -0.25) is 9.59 Å². The van der Waals surface area contributed by atoms with E-state index in [1.165, 1.54) is 14.0 Å². The number of aromatic nitrogens is 1. The van der Waals surface area contributed by atoms with Crippen molar-refractivity contribution in [3.63, 3.8) is 0 Å². The lowest BCUT2D eigenvalue weighted by Crippen LogP contribution is -2.09. The molecule has 2 aromatic rings. The minimum atomic E-state index is -0.449. The second-order valence-corrected chi connectivity index (χ2v) is 5.75. The maximum Gasteiger partial charge on any atom is 0.355 e. The van der Waals surface area contributed by atoms with Crippen LogP contribution in [-0.2, 0) is 36.8 Å². The Hall–Kier alpha value is -2.83. The highest BCUT2D eigenvalue weighted by Crippen LogP contribution is 2.29. The second kappa shape index (κ2) is 9.03. The van der Waals surface area contributed by atoms with Gasteiger partial charge in [-0.05, 0) is 37.0 Å². The quantitative estimate of drug-likeness (QED) is 0.574. The molecule has 7 heteroatoms. The molecular weight excluding hydrogens is 338 g/mol. The van der Waals surface area contributed by atoms with Crippen LogP contribution < -0.4 is 0 Å². The molecule has 1 heterocycles. The van der Waals surface area contributed by atoms with Gasteiger partial charge in [0.25, 0.3) is 0 Å². The SMILES string of the molecule is CCOC(=O)c1[nH]c2cccc(COC(C)=O)c2c1CCCC(=O)OC. The predicted molar refractivity (Wildman–Crippen MR) is 94.7 cm³/mol. The number of carbonyl (C=O) groups excluding carboxylic acids is 3. The van der Waals surface area contributed by atoms with Gasteiger partial charge in [0, 0.05) is 24.2 Å². The normalized spacial score (nSPS) is 10.6. The van der Waals surface area contributed by atoms with Crippen LogP contribution in [0, 0.1) is 0 Å². The number of fused-ring (bicyclic) bond motifs is 1. The summed E-state index contributed by atoms with van der Waals surface area (Å²) in [6.45, 7) is 3.45. The molecule has 0 saturated heterocycles. The van der Waals surface area contributed by atoms with Gasteiger partial charge in [-0.2, -0.15) is 0 Å². The number of methoxy groups -OCH3 is 1. The molecule has 140 valence electrons. The van der Waals surface area contributed by atoms with Gasteiger partial charge >= 0.3 is 17.9 Å². The molecule has 0 saturated carbocycles. The van der Waals surface area contributed by atoms with Crippen molar-refractivity contribution >= 4 is 28.8 Å². The van der Waals surface area contributed by atoms with Crippen molar-refractivity contribution in [2.45, 2.75) is 39.7 Å². The molecule has 1 aromatic carbocycles. The van der Waals surface area contributed by atoms with Crippen LogP contribution >= 0.6 is 0 Å². The standard InChI is InChI=1S/C19H23NO6/c1-4-25-19(23)18-14(8-6-10-16(22)24-3)17-13(11-26-12(2)21)7-5-9-15(17)20-18/h5,7,9,20H,4,6,8,10-11H2,1-3H3. The molecule has 0 atom stereocenters. The van der Waals surface area contributed by atoms with Gasteiger partial charge in [-0.25, -0.2) is 4.79 Å². The smallest absolute Gasteiger partial charge is 0.355 e. The number of aromatic amines is 1. The number of esters is 3. The molecular formula is C19H23NO6. The summed E-state index contributed by atoms with van der Waals surface area (Å²) in [5.41, 5.74) is 2.66. The van der Waals surface area contributed by atoms with Crippen LogP contribution in [0.1, 0.15) is 48.3 Å². The van der Waals surface area contributed by atoms with Crippen LogP contribution in [0.25, 0.3) is 10.9 Å². The van der Waals surface area contributed by atoms with Gasteiger partial charge in [-0.1, -0.05) is 12.1 Å². The van der Waals surface area contributed by atoms with E-state index in [0.29, 0.717) is 18.5 Å². The van der Waals surface area contributed by atoms with Crippen LogP contribution in [0.5, 0.6) is 0 Å². The van der Waals surface area contributed by atoms with Crippen LogP contribution in [0.3, 0.4) is 0 Å². The van der Waals surface area contributed by atoms with Crippen LogP contribution in [0.2, 0.25) is 0 Å². The van der Waals surface area contributed by atoms with Gasteiger partial charge in [0.1, 0.15) is 12.3 Å². The molecule has 0 unspecified atom stereocenters. The van der Waals surface area contributed by atoms with Gasteiger partial charge in [0.15, 0.2) is 0 Å². The highest BCUT2D eigenvalue weighted by Gasteiger charge is 2.21. The summed E-state index contributed by atoms with van der Waals surface area (Å²) < 4.78 is 14.9. The Morgan fingerprint density at radius 2 is 1.92 bits per heavy atom. The number of hydrogen-bond donors (Lipinski definition) is 1.